The highest BCUT2D eigenvalue weighted by Crippen LogP contribution is 2.43. The lowest BCUT2D eigenvalue weighted by atomic mass is 9.93. The maximum absolute atomic E-state index is 11.7. The zero-order chi connectivity index (χ0) is 15.0. The fraction of sp³-hybridized carbons (Fsp3) is 0.375. The van der Waals surface area contributed by atoms with Gasteiger partial charge in [0.05, 0.1) is 24.0 Å². The molecule has 0 aromatic heterocycles. The third-order valence-electron chi connectivity index (χ3n) is 4.11. The highest BCUT2D eigenvalue weighted by molar-refractivity contribution is 7.91. The molecule has 1 saturated heterocycles. The molecule has 0 saturated carbocycles. The molecule has 112 valence electrons. The number of hydrogen-bond donors (Lipinski definition) is 0. The second-order valence-electron chi connectivity index (χ2n) is 5.47. The first-order chi connectivity index (χ1) is 10.0. The van der Waals surface area contributed by atoms with Crippen LogP contribution in [0.4, 0.5) is 0 Å². The smallest absolute Gasteiger partial charge is 0.150 e. The molecule has 0 amide bonds. The number of halogens is 1. The minimum Gasteiger partial charge on any atom is -0.496 e. The molecule has 3 rings (SSSR count). The fourth-order valence-corrected chi connectivity index (χ4v) is 5.41. The molecule has 0 N–H and O–H groups in total. The lowest BCUT2D eigenvalue weighted by Crippen LogP contribution is -2.11. The molecule has 1 heterocycles. The molecule has 2 aromatic rings. The SMILES string of the molecule is COc1ccc2ccccc2c1C(Cl)C1CCS(=O)(=O)C1. The second-order valence-corrected chi connectivity index (χ2v) is 8.17. The van der Waals surface area contributed by atoms with E-state index in [9.17, 15) is 8.42 Å². The van der Waals surface area contributed by atoms with Crippen LogP contribution in [0.15, 0.2) is 36.4 Å². The van der Waals surface area contributed by atoms with Gasteiger partial charge in [-0.1, -0.05) is 30.3 Å². The summed E-state index contributed by atoms with van der Waals surface area (Å²) in [6.07, 6.45) is 0.614. The number of rotatable bonds is 3. The molecular weight excluding hydrogens is 308 g/mol. The molecule has 1 aliphatic rings. The monoisotopic (exact) mass is 324 g/mol. The number of ether oxygens (including phenoxy) is 1. The van der Waals surface area contributed by atoms with E-state index >= 15 is 0 Å². The fourth-order valence-electron chi connectivity index (χ4n) is 3.03. The van der Waals surface area contributed by atoms with Gasteiger partial charge in [0.15, 0.2) is 9.84 Å². The van der Waals surface area contributed by atoms with Crippen molar-refractivity contribution >= 4 is 32.2 Å². The van der Waals surface area contributed by atoms with Crippen LogP contribution in [0.2, 0.25) is 0 Å². The minimum atomic E-state index is -2.95. The van der Waals surface area contributed by atoms with Gasteiger partial charge in [0.2, 0.25) is 0 Å². The molecule has 3 nitrogen and oxygen atoms in total. The van der Waals surface area contributed by atoms with Crippen molar-refractivity contribution in [2.45, 2.75) is 11.8 Å². The topological polar surface area (TPSA) is 43.4 Å². The molecule has 2 unspecified atom stereocenters. The Hall–Kier alpha value is -1.26. The average Bonchev–Trinajstić information content (AvgIpc) is 2.85. The largest absolute Gasteiger partial charge is 0.496 e. The average molecular weight is 325 g/mol. The predicted octanol–water partition coefficient (Wildman–Crippen LogP) is 3.56. The summed E-state index contributed by atoms with van der Waals surface area (Å²) in [7, 11) is -1.33. The number of benzene rings is 2. The Kier molecular flexibility index (Phi) is 3.84. The molecule has 1 aliphatic heterocycles. The van der Waals surface area contributed by atoms with Crippen molar-refractivity contribution in [1.29, 1.82) is 0 Å². The summed E-state index contributed by atoms with van der Waals surface area (Å²) in [5, 5.41) is 1.75. The zero-order valence-electron chi connectivity index (χ0n) is 11.8. The van der Waals surface area contributed by atoms with Crippen molar-refractivity contribution in [3.05, 3.63) is 42.0 Å². The number of fused-ring (bicyclic) bond motifs is 1. The third-order valence-corrected chi connectivity index (χ3v) is 6.48. The maximum Gasteiger partial charge on any atom is 0.150 e. The molecule has 0 spiro atoms. The van der Waals surface area contributed by atoms with Gasteiger partial charge in [-0.3, -0.25) is 0 Å². The van der Waals surface area contributed by atoms with Crippen LogP contribution in [0.3, 0.4) is 0 Å². The van der Waals surface area contributed by atoms with Crippen molar-refractivity contribution < 1.29 is 13.2 Å². The van der Waals surface area contributed by atoms with Gasteiger partial charge in [0.25, 0.3) is 0 Å². The second kappa shape index (κ2) is 5.50. The summed E-state index contributed by atoms with van der Waals surface area (Å²) in [5.41, 5.74) is 0.902. The standard InChI is InChI=1S/C16H17ClO3S/c1-20-14-7-6-11-4-2-3-5-13(11)15(14)16(17)12-8-9-21(18,19)10-12/h2-7,12,16H,8-10H2,1H3. The van der Waals surface area contributed by atoms with Crippen LogP contribution >= 0.6 is 11.6 Å². The Morgan fingerprint density at radius 2 is 2.00 bits per heavy atom. The number of methoxy groups -OCH3 is 1. The summed E-state index contributed by atoms with van der Waals surface area (Å²) in [4.78, 5) is 0. The highest BCUT2D eigenvalue weighted by Gasteiger charge is 2.35. The van der Waals surface area contributed by atoms with Gasteiger partial charge < -0.3 is 4.74 Å². The van der Waals surface area contributed by atoms with Crippen molar-refractivity contribution in [3.8, 4) is 5.75 Å². The Labute approximate surface area is 129 Å². The number of alkyl halides is 1. The summed E-state index contributed by atoms with van der Waals surface area (Å²) >= 11 is 6.66. The molecule has 0 bridgehead atoms. The van der Waals surface area contributed by atoms with Gasteiger partial charge in [-0.15, -0.1) is 11.6 Å². The number of sulfone groups is 1. The van der Waals surface area contributed by atoms with E-state index in [0.29, 0.717) is 6.42 Å². The molecule has 2 aromatic carbocycles. The minimum absolute atomic E-state index is 0.0589. The Morgan fingerprint density at radius 1 is 1.24 bits per heavy atom. The summed E-state index contributed by atoms with van der Waals surface area (Å²) in [6, 6.07) is 11.9. The molecule has 1 fully saturated rings. The Balaban J connectivity index is 2.10. The highest BCUT2D eigenvalue weighted by atomic mass is 35.5. The van der Waals surface area contributed by atoms with E-state index in [1.54, 1.807) is 7.11 Å². The van der Waals surface area contributed by atoms with Crippen LogP contribution < -0.4 is 4.74 Å². The molecular formula is C16H17ClO3S. The molecule has 0 aliphatic carbocycles. The van der Waals surface area contributed by atoms with E-state index in [2.05, 4.69) is 0 Å². The first kappa shape index (κ1) is 14.7. The van der Waals surface area contributed by atoms with Crippen LogP contribution in [0.25, 0.3) is 10.8 Å². The van der Waals surface area contributed by atoms with Gasteiger partial charge in [-0.05, 0) is 29.2 Å². The summed E-state index contributed by atoms with van der Waals surface area (Å²) in [5.74, 6) is 1.05. The van der Waals surface area contributed by atoms with Crippen molar-refractivity contribution in [2.24, 2.45) is 5.92 Å². The Bertz CT molecular complexity index is 770. The van der Waals surface area contributed by atoms with Crippen LogP contribution in [0.5, 0.6) is 5.75 Å². The van der Waals surface area contributed by atoms with E-state index in [-0.39, 0.29) is 22.8 Å². The molecule has 21 heavy (non-hydrogen) atoms. The van der Waals surface area contributed by atoms with Gasteiger partial charge in [-0.2, -0.15) is 0 Å². The predicted molar refractivity (Wildman–Crippen MR) is 85.9 cm³/mol. The molecule has 2 atom stereocenters. The van der Waals surface area contributed by atoms with E-state index in [1.165, 1.54) is 0 Å². The first-order valence-electron chi connectivity index (χ1n) is 6.92. The van der Waals surface area contributed by atoms with Gasteiger partial charge >= 0.3 is 0 Å². The van der Waals surface area contributed by atoms with Crippen molar-refractivity contribution in [3.63, 3.8) is 0 Å². The maximum atomic E-state index is 11.7. The van der Waals surface area contributed by atoms with Crippen LogP contribution in [0.1, 0.15) is 17.4 Å². The van der Waals surface area contributed by atoms with E-state index in [4.69, 9.17) is 16.3 Å². The van der Waals surface area contributed by atoms with E-state index in [0.717, 1.165) is 22.1 Å². The lowest BCUT2D eigenvalue weighted by Gasteiger charge is -2.21. The first-order valence-corrected chi connectivity index (χ1v) is 9.18. The molecule has 5 heteroatoms. The summed E-state index contributed by atoms with van der Waals surface area (Å²) < 4.78 is 28.9. The van der Waals surface area contributed by atoms with Crippen LogP contribution in [-0.2, 0) is 9.84 Å². The Morgan fingerprint density at radius 3 is 2.67 bits per heavy atom. The van der Waals surface area contributed by atoms with E-state index in [1.807, 2.05) is 36.4 Å². The van der Waals surface area contributed by atoms with Crippen molar-refractivity contribution in [2.75, 3.05) is 18.6 Å². The van der Waals surface area contributed by atoms with Gasteiger partial charge in [0.1, 0.15) is 5.75 Å². The van der Waals surface area contributed by atoms with Crippen LogP contribution in [0, 0.1) is 5.92 Å². The lowest BCUT2D eigenvalue weighted by molar-refractivity contribution is 0.405. The van der Waals surface area contributed by atoms with Gasteiger partial charge in [0, 0.05) is 5.56 Å². The number of hydrogen-bond acceptors (Lipinski definition) is 3. The summed E-state index contributed by atoms with van der Waals surface area (Å²) in [6.45, 7) is 0. The van der Waals surface area contributed by atoms with E-state index < -0.39 is 9.84 Å². The third kappa shape index (κ3) is 2.74. The quantitative estimate of drug-likeness (QED) is 0.811. The normalized spacial score (nSPS) is 22.3. The zero-order valence-corrected chi connectivity index (χ0v) is 13.3. The molecule has 0 radical (unpaired) electrons. The van der Waals surface area contributed by atoms with Gasteiger partial charge in [-0.25, -0.2) is 8.42 Å². The van der Waals surface area contributed by atoms with Crippen LogP contribution in [-0.4, -0.2) is 27.0 Å². The van der Waals surface area contributed by atoms with Crippen molar-refractivity contribution in [1.82, 2.24) is 0 Å².